The van der Waals surface area contributed by atoms with Crippen LogP contribution in [0.4, 0.5) is 5.69 Å². The van der Waals surface area contributed by atoms with E-state index in [4.69, 9.17) is 27.9 Å². The van der Waals surface area contributed by atoms with Crippen LogP contribution in [0.5, 0.6) is 0 Å². The number of ether oxygens (including phenoxy) is 1. The first-order valence-corrected chi connectivity index (χ1v) is 9.49. The summed E-state index contributed by atoms with van der Waals surface area (Å²) >= 11 is 12.0. The molecule has 27 heavy (non-hydrogen) atoms. The highest BCUT2D eigenvalue weighted by Crippen LogP contribution is 2.22. The molecular formula is C20H20Cl2N2O3. The van der Waals surface area contributed by atoms with Crippen molar-refractivity contribution in [1.82, 2.24) is 4.90 Å². The number of anilines is 1. The third-order valence-corrected chi connectivity index (χ3v) is 4.94. The smallest absolute Gasteiger partial charge is 0.254 e. The van der Waals surface area contributed by atoms with E-state index >= 15 is 0 Å². The lowest BCUT2D eigenvalue weighted by molar-refractivity contribution is -0.116. The highest BCUT2D eigenvalue weighted by Gasteiger charge is 2.18. The van der Waals surface area contributed by atoms with Crippen LogP contribution < -0.4 is 5.32 Å². The summed E-state index contributed by atoms with van der Waals surface area (Å²) < 4.78 is 5.26. The van der Waals surface area contributed by atoms with Crippen molar-refractivity contribution >= 4 is 40.7 Å². The molecule has 2 aromatic carbocycles. The van der Waals surface area contributed by atoms with Gasteiger partial charge >= 0.3 is 0 Å². The fraction of sp³-hybridized carbons (Fsp3) is 0.300. The number of benzene rings is 2. The number of morpholine rings is 1. The van der Waals surface area contributed by atoms with Gasteiger partial charge in [0.1, 0.15) is 0 Å². The van der Waals surface area contributed by atoms with Crippen LogP contribution in [0.15, 0.2) is 42.5 Å². The number of nitrogens with zero attached hydrogens (tertiary/aromatic N) is 1. The Bertz CT molecular complexity index is 818. The Kier molecular flexibility index (Phi) is 6.72. The first-order chi connectivity index (χ1) is 13.0. The quantitative estimate of drug-likeness (QED) is 0.814. The minimum absolute atomic E-state index is 0.0199. The number of rotatable bonds is 5. The van der Waals surface area contributed by atoms with Crippen molar-refractivity contribution < 1.29 is 14.3 Å². The topological polar surface area (TPSA) is 58.6 Å². The van der Waals surface area contributed by atoms with Crippen molar-refractivity contribution in [3.63, 3.8) is 0 Å². The van der Waals surface area contributed by atoms with Crippen LogP contribution in [0.3, 0.4) is 0 Å². The molecule has 2 amide bonds. The average molecular weight is 407 g/mol. The zero-order valence-corrected chi connectivity index (χ0v) is 16.2. The van der Waals surface area contributed by atoms with E-state index in [-0.39, 0.29) is 11.8 Å². The van der Waals surface area contributed by atoms with Gasteiger partial charge in [-0.1, -0.05) is 29.3 Å². The van der Waals surface area contributed by atoms with Crippen molar-refractivity contribution in [1.29, 1.82) is 0 Å². The normalized spacial score (nSPS) is 14.1. The number of nitrogens with one attached hydrogen (secondary N) is 1. The molecule has 1 fully saturated rings. The maximum atomic E-state index is 12.4. The van der Waals surface area contributed by atoms with Crippen LogP contribution in [-0.2, 0) is 16.0 Å². The fourth-order valence-electron chi connectivity index (χ4n) is 2.84. The van der Waals surface area contributed by atoms with Gasteiger partial charge in [-0.15, -0.1) is 0 Å². The van der Waals surface area contributed by atoms with Gasteiger partial charge in [-0.3, -0.25) is 9.59 Å². The molecule has 0 atom stereocenters. The van der Waals surface area contributed by atoms with E-state index in [2.05, 4.69) is 5.32 Å². The van der Waals surface area contributed by atoms with E-state index < -0.39 is 0 Å². The molecule has 5 nitrogen and oxygen atoms in total. The van der Waals surface area contributed by atoms with Gasteiger partial charge in [0.05, 0.1) is 13.2 Å². The fourth-order valence-corrected chi connectivity index (χ4v) is 3.34. The third-order valence-electron chi connectivity index (χ3n) is 4.35. The van der Waals surface area contributed by atoms with Gasteiger partial charge in [-0.2, -0.15) is 0 Å². The van der Waals surface area contributed by atoms with Gasteiger partial charge in [0.15, 0.2) is 0 Å². The summed E-state index contributed by atoms with van der Waals surface area (Å²) in [5.41, 5.74) is 2.13. The van der Waals surface area contributed by atoms with E-state index in [9.17, 15) is 9.59 Å². The van der Waals surface area contributed by atoms with Crippen LogP contribution in [0, 0.1) is 0 Å². The van der Waals surface area contributed by atoms with Gasteiger partial charge in [0.25, 0.3) is 5.91 Å². The van der Waals surface area contributed by atoms with Crippen LogP contribution >= 0.6 is 23.2 Å². The summed E-state index contributed by atoms with van der Waals surface area (Å²) in [6, 6.07) is 12.2. The van der Waals surface area contributed by atoms with Crippen molar-refractivity contribution in [3.8, 4) is 0 Å². The molecule has 7 heteroatoms. The van der Waals surface area contributed by atoms with Gasteiger partial charge in [-0.25, -0.2) is 0 Å². The molecule has 0 saturated carbocycles. The number of aryl methyl sites for hydroxylation is 1. The molecule has 142 valence electrons. The molecular weight excluding hydrogens is 387 g/mol. The second kappa shape index (κ2) is 9.22. The van der Waals surface area contributed by atoms with E-state index in [1.165, 1.54) is 0 Å². The first-order valence-electron chi connectivity index (χ1n) is 8.74. The monoisotopic (exact) mass is 406 g/mol. The molecule has 0 spiro atoms. The van der Waals surface area contributed by atoms with Crippen molar-refractivity contribution in [2.75, 3.05) is 31.6 Å². The van der Waals surface area contributed by atoms with E-state index in [1.807, 2.05) is 6.07 Å². The average Bonchev–Trinajstić information content (AvgIpc) is 2.68. The van der Waals surface area contributed by atoms with Crippen LogP contribution in [0.2, 0.25) is 10.0 Å². The molecule has 1 aliphatic heterocycles. The number of hydrogen-bond donors (Lipinski definition) is 1. The minimum atomic E-state index is -0.117. The van der Waals surface area contributed by atoms with Crippen molar-refractivity contribution in [2.45, 2.75) is 12.8 Å². The summed E-state index contributed by atoms with van der Waals surface area (Å²) in [6.07, 6.45) is 0.825. The predicted molar refractivity (Wildman–Crippen MR) is 107 cm³/mol. The Labute approximate surface area is 168 Å². The first kappa shape index (κ1) is 19.7. The summed E-state index contributed by atoms with van der Waals surface area (Å²) in [5, 5.41) is 3.96. The second-order valence-corrected chi connectivity index (χ2v) is 7.11. The maximum Gasteiger partial charge on any atom is 0.254 e. The summed E-state index contributed by atoms with van der Waals surface area (Å²) in [5.74, 6) is -0.137. The number of carbonyl (C=O) groups is 2. The summed E-state index contributed by atoms with van der Waals surface area (Å²) in [7, 11) is 0. The lowest BCUT2D eigenvalue weighted by atomic mass is 10.1. The zero-order chi connectivity index (χ0) is 19.2. The number of hydrogen-bond acceptors (Lipinski definition) is 3. The van der Waals surface area contributed by atoms with E-state index in [1.54, 1.807) is 41.3 Å². The Morgan fingerprint density at radius 3 is 2.41 bits per heavy atom. The Hall–Kier alpha value is -2.08. The molecule has 0 aromatic heterocycles. The summed E-state index contributed by atoms with van der Waals surface area (Å²) in [6.45, 7) is 2.34. The third kappa shape index (κ3) is 5.45. The number of carbonyl (C=O) groups excluding carboxylic acids is 2. The van der Waals surface area contributed by atoms with Gasteiger partial charge in [-0.05, 0) is 48.4 Å². The minimum Gasteiger partial charge on any atom is -0.378 e. The highest BCUT2D eigenvalue weighted by molar-refractivity contribution is 6.35. The SMILES string of the molecule is O=C(CCc1ccc(Cl)cc1Cl)Nc1ccc(C(=O)N2CCOCC2)cc1. The summed E-state index contributed by atoms with van der Waals surface area (Å²) in [4.78, 5) is 26.3. The lowest BCUT2D eigenvalue weighted by Gasteiger charge is -2.26. The molecule has 1 saturated heterocycles. The second-order valence-electron chi connectivity index (χ2n) is 6.27. The Balaban J connectivity index is 1.52. The highest BCUT2D eigenvalue weighted by atomic mass is 35.5. The van der Waals surface area contributed by atoms with Crippen LogP contribution in [-0.4, -0.2) is 43.0 Å². The Morgan fingerprint density at radius 1 is 1.04 bits per heavy atom. The van der Waals surface area contributed by atoms with Crippen LogP contribution in [0.25, 0.3) is 0 Å². The van der Waals surface area contributed by atoms with Gasteiger partial charge in [0.2, 0.25) is 5.91 Å². The lowest BCUT2D eigenvalue weighted by Crippen LogP contribution is -2.40. The van der Waals surface area contributed by atoms with Crippen LogP contribution in [0.1, 0.15) is 22.3 Å². The van der Waals surface area contributed by atoms with E-state index in [0.717, 1.165) is 5.56 Å². The molecule has 1 N–H and O–H groups in total. The Morgan fingerprint density at radius 2 is 1.74 bits per heavy atom. The molecule has 2 aromatic rings. The largest absolute Gasteiger partial charge is 0.378 e. The molecule has 0 aliphatic carbocycles. The molecule has 1 aliphatic rings. The van der Waals surface area contributed by atoms with Crippen molar-refractivity contribution in [2.24, 2.45) is 0 Å². The molecule has 0 unspecified atom stereocenters. The molecule has 3 rings (SSSR count). The van der Waals surface area contributed by atoms with Gasteiger partial charge < -0.3 is 15.0 Å². The molecule has 0 radical (unpaired) electrons. The maximum absolute atomic E-state index is 12.4. The molecule has 0 bridgehead atoms. The standard InChI is InChI=1S/C20H20Cl2N2O3/c21-16-5-1-14(18(22)13-16)4-8-19(25)23-17-6-2-15(3-7-17)20(26)24-9-11-27-12-10-24/h1-3,5-7,13H,4,8-12H2,(H,23,25). The zero-order valence-electron chi connectivity index (χ0n) is 14.7. The number of amides is 2. The predicted octanol–water partition coefficient (Wildman–Crippen LogP) is 4.04. The van der Waals surface area contributed by atoms with Gasteiger partial charge in [0, 0.05) is 40.8 Å². The number of halogens is 2. The van der Waals surface area contributed by atoms with E-state index in [0.29, 0.717) is 60.4 Å². The van der Waals surface area contributed by atoms with Crippen molar-refractivity contribution in [3.05, 3.63) is 63.6 Å². The molecule has 1 heterocycles.